The van der Waals surface area contributed by atoms with Crippen LogP contribution in [0.25, 0.3) is 0 Å². The van der Waals surface area contributed by atoms with Gasteiger partial charge in [-0.2, -0.15) is 0 Å². The highest BCUT2D eigenvalue weighted by atomic mass is 16.6. The molecule has 1 aromatic carbocycles. The summed E-state index contributed by atoms with van der Waals surface area (Å²) in [5.41, 5.74) is 7.13. The zero-order chi connectivity index (χ0) is 12.8. The van der Waals surface area contributed by atoms with Crippen molar-refractivity contribution in [2.45, 2.75) is 25.4 Å². The molecular weight excluding hydrogens is 230 g/mol. The molecule has 18 heavy (non-hydrogen) atoms. The third-order valence-corrected chi connectivity index (χ3v) is 3.09. The zero-order valence-corrected chi connectivity index (χ0v) is 10.4. The molecule has 0 bridgehead atoms. The van der Waals surface area contributed by atoms with Crippen LogP contribution in [0.3, 0.4) is 0 Å². The molecule has 0 amide bonds. The maximum atomic E-state index is 12.1. The van der Waals surface area contributed by atoms with Crippen LogP contribution in [0.4, 0.5) is 0 Å². The maximum absolute atomic E-state index is 12.1. The van der Waals surface area contributed by atoms with Crippen molar-refractivity contribution in [3.8, 4) is 0 Å². The normalized spacial score (nSPS) is 16.5. The Labute approximate surface area is 107 Å². The molecular formula is C14H19NO3. The third-order valence-electron chi connectivity index (χ3n) is 3.09. The molecule has 2 N–H and O–H groups in total. The predicted octanol–water partition coefficient (Wildman–Crippen LogP) is 1.52. The van der Waals surface area contributed by atoms with Gasteiger partial charge in [-0.1, -0.05) is 18.2 Å². The molecule has 1 aromatic rings. The lowest BCUT2D eigenvalue weighted by atomic mass is 10.0. The van der Waals surface area contributed by atoms with Gasteiger partial charge in [0.1, 0.15) is 6.10 Å². The largest absolute Gasteiger partial charge is 0.459 e. The number of ether oxygens (including phenoxy) is 2. The fourth-order valence-corrected chi connectivity index (χ4v) is 2.10. The first kappa shape index (κ1) is 13.1. The Morgan fingerprint density at radius 2 is 2.06 bits per heavy atom. The summed E-state index contributed by atoms with van der Waals surface area (Å²) in [4.78, 5) is 12.1. The molecule has 4 nitrogen and oxygen atoms in total. The van der Waals surface area contributed by atoms with Crippen molar-refractivity contribution >= 4 is 5.97 Å². The van der Waals surface area contributed by atoms with E-state index < -0.39 is 0 Å². The molecule has 1 saturated heterocycles. The van der Waals surface area contributed by atoms with Crippen LogP contribution in [-0.2, 0) is 15.9 Å². The molecule has 0 aromatic heterocycles. The van der Waals surface area contributed by atoms with Gasteiger partial charge in [0.15, 0.2) is 0 Å². The highest BCUT2D eigenvalue weighted by Gasteiger charge is 2.20. The summed E-state index contributed by atoms with van der Waals surface area (Å²) < 4.78 is 10.7. The molecule has 1 aliphatic rings. The van der Waals surface area contributed by atoms with Crippen molar-refractivity contribution in [2.75, 3.05) is 19.8 Å². The second-order valence-corrected chi connectivity index (χ2v) is 4.41. The van der Waals surface area contributed by atoms with Gasteiger partial charge in [-0.15, -0.1) is 0 Å². The van der Waals surface area contributed by atoms with Gasteiger partial charge in [0, 0.05) is 12.8 Å². The standard InChI is InChI=1S/C14H19NO3/c15-8-5-11-3-1-2-4-13(11)14(16)18-12-6-9-17-10-7-12/h1-4,12H,5-10,15H2. The van der Waals surface area contributed by atoms with Crippen LogP contribution < -0.4 is 5.73 Å². The van der Waals surface area contributed by atoms with Crippen molar-refractivity contribution < 1.29 is 14.3 Å². The summed E-state index contributed by atoms with van der Waals surface area (Å²) in [7, 11) is 0. The molecule has 2 rings (SSSR count). The van der Waals surface area contributed by atoms with Crippen LogP contribution in [-0.4, -0.2) is 31.8 Å². The molecule has 0 radical (unpaired) electrons. The fourth-order valence-electron chi connectivity index (χ4n) is 2.10. The predicted molar refractivity (Wildman–Crippen MR) is 68.5 cm³/mol. The number of hydrogen-bond donors (Lipinski definition) is 1. The Kier molecular flexibility index (Phi) is 4.73. The lowest BCUT2D eigenvalue weighted by molar-refractivity contribution is -0.0159. The van der Waals surface area contributed by atoms with Crippen LogP contribution >= 0.6 is 0 Å². The number of nitrogens with two attached hydrogens (primary N) is 1. The molecule has 0 saturated carbocycles. The van der Waals surface area contributed by atoms with Crippen LogP contribution in [0.1, 0.15) is 28.8 Å². The topological polar surface area (TPSA) is 61.6 Å². The summed E-state index contributed by atoms with van der Waals surface area (Å²) in [6, 6.07) is 7.48. The third kappa shape index (κ3) is 3.31. The summed E-state index contributed by atoms with van der Waals surface area (Å²) in [5, 5.41) is 0. The second-order valence-electron chi connectivity index (χ2n) is 4.41. The number of carbonyl (C=O) groups is 1. The van der Waals surface area contributed by atoms with E-state index in [-0.39, 0.29) is 12.1 Å². The average molecular weight is 249 g/mol. The minimum absolute atomic E-state index is 0.0165. The second kappa shape index (κ2) is 6.52. The number of esters is 1. The van der Waals surface area contributed by atoms with E-state index in [1.54, 1.807) is 6.07 Å². The van der Waals surface area contributed by atoms with Crippen molar-refractivity contribution in [3.05, 3.63) is 35.4 Å². The van der Waals surface area contributed by atoms with E-state index in [4.69, 9.17) is 15.2 Å². The van der Waals surface area contributed by atoms with Crippen molar-refractivity contribution in [1.29, 1.82) is 0 Å². The van der Waals surface area contributed by atoms with Crippen molar-refractivity contribution in [2.24, 2.45) is 5.73 Å². The van der Waals surface area contributed by atoms with E-state index in [2.05, 4.69) is 0 Å². The number of carbonyl (C=O) groups excluding carboxylic acids is 1. The monoisotopic (exact) mass is 249 g/mol. The molecule has 1 aliphatic heterocycles. The highest BCUT2D eigenvalue weighted by Crippen LogP contribution is 2.16. The Bertz CT molecular complexity index is 400. The Hall–Kier alpha value is -1.39. The summed E-state index contributed by atoms with van der Waals surface area (Å²) in [5.74, 6) is -0.244. The maximum Gasteiger partial charge on any atom is 0.338 e. The lowest BCUT2D eigenvalue weighted by Crippen LogP contribution is -2.26. The van der Waals surface area contributed by atoms with Crippen molar-refractivity contribution in [3.63, 3.8) is 0 Å². The molecule has 98 valence electrons. The average Bonchev–Trinajstić information content (AvgIpc) is 2.41. The zero-order valence-electron chi connectivity index (χ0n) is 10.4. The molecule has 4 heteroatoms. The summed E-state index contributed by atoms with van der Waals surface area (Å²) in [6.45, 7) is 1.87. The van der Waals surface area contributed by atoms with E-state index in [1.165, 1.54) is 0 Å². The minimum atomic E-state index is -0.244. The van der Waals surface area contributed by atoms with E-state index >= 15 is 0 Å². The summed E-state index contributed by atoms with van der Waals surface area (Å²) >= 11 is 0. The molecule has 0 atom stereocenters. The smallest absolute Gasteiger partial charge is 0.338 e. The van der Waals surface area contributed by atoms with Gasteiger partial charge >= 0.3 is 5.97 Å². The van der Waals surface area contributed by atoms with Crippen LogP contribution in [0.2, 0.25) is 0 Å². The summed E-state index contributed by atoms with van der Waals surface area (Å²) in [6.07, 6.45) is 2.24. The minimum Gasteiger partial charge on any atom is -0.459 e. The van der Waals surface area contributed by atoms with E-state index in [9.17, 15) is 4.79 Å². The Morgan fingerprint density at radius 1 is 1.33 bits per heavy atom. The van der Waals surface area contributed by atoms with Crippen LogP contribution in [0.15, 0.2) is 24.3 Å². The first-order valence-corrected chi connectivity index (χ1v) is 6.38. The van der Waals surface area contributed by atoms with Gasteiger partial charge in [0.05, 0.1) is 18.8 Å². The SMILES string of the molecule is NCCc1ccccc1C(=O)OC1CCOCC1. The van der Waals surface area contributed by atoms with Gasteiger partial charge < -0.3 is 15.2 Å². The van der Waals surface area contributed by atoms with Gasteiger partial charge in [-0.05, 0) is 24.6 Å². The van der Waals surface area contributed by atoms with Gasteiger partial charge in [-0.3, -0.25) is 0 Å². The van der Waals surface area contributed by atoms with Gasteiger partial charge in [0.2, 0.25) is 0 Å². The highest BCUT2D eigenvalue weighted by molar-refractivity contribution is 5.91. The molecule has 0 spiro atoms. The van der Waals surface area contributed by atoms with Crippen LogP contribution in [0.5, 0.6) is 0 Å². The molecule has 0 unspecified atom stereocenters. The molecule has 1 heterocycles. The number of hydrogen-bond acceptors (Lipinski definition) is 4. The number of rotatable bonds is 4. The first-order valence-electron chi connectivity index (χ1n) is 6.38. The first-order chi connectivity index (χ1) is 8.81. The number of benzene rings is 1. The fraction of sp³-hybridized carbons (Fsp3) is 0.500. The van der Waals surface area contributed by atoms with Crippen molar-refractivity contribution in [1.82, 2.24) is 0 Å². The Balaban J connectivity index is 2.03. The quantitative estimate of drug-likeness (QED) is 0.822. The van der Waals surface area contributed by atoms with E-state index in [1.807, 2.05) is 18.2 Å². The Morgan fingerprint density at radius 3 is 2.78 bits per heavy atom. The van der Waals surface area contributed by atoms with E-state index in [0.29, 0.717) is 31.7 Å². The van der Waals surface area contributed by atoms with Gasteiger partial charge in [-0.25, -0.2) is 4.79 Å². The lowest BCUT2D eigenvalue weighted by Gasteiger charge is -2.22. The van der Waals surface area contributed by atoms with Gasteiger partial charge in [0.25, 0.3) is 0 Å². The van der Waals surface area contributed by atoms with Crippen LogP contribution in [0, 0.1) is 0 Å². The molecule has 1 fully saturated rings. The van der Waals surface area contributed by atoms with E-state index in [0.717, 1.165) is 18.4 Å². The molecule has 0 aliphatic carbocycles.